The minimum atomic E-state index is -1.52. The monoisotopic (exact) mass is 1270 g/mol. The fourth-order valence-electron chi connectivity index (χ4n) is 10.3. The molecule has 0 heterocycles. The quantitative estimate of drug-likeness (QED) is 0.0211. The number of allylic oxidation sites excluding steroid dienone is 22. The molecule has 0 aromatic heterocycles. The van der Waals surface area contributed by atoms with E-state index in [2.05, 4.69) is 148 Å². The van der Waals surface area contributed by atoms with Crippen LogP contribution >= 0.6 is 0 Å². The maximum atomic E-state index is 12.9. The Labute approximate surface area is 560 Å². The number of hydrogen-bond donors (Lipinski definition) is 1. The van der Waals surface area contributed by atoms with Gasteiger partial charge in [-0.3, -0.25) is 9.59 Å². The van der Waals surface area contributed by atoms with Crippen molar-refractivity contribution in [2.45, 2.75) is 322 Å². The maximum Gasteiger partial charge on any atom is 0.361 e. The van der Waals surface area contributed by atoms with Gasteiger partial charge in [0.1, 0.15) is 13.2 Å². The molecule has 0 aliphatic heterocycles. The average molecular weight is 1270 g/mol. The number of carboxylic acids is 1. The summed E-state index contributed by atoms with van der Waals surface area (Å²) in [5.41, 5.74) is 0. The fraction of sp³-hybridized carbons (Fsp3) is 0.695. The van der Waals surface area contributed by atoms with Crippen LogP contribution in [0.4, 0.5) is 0 Å². The zero-order chi connectivity index (χ0) is 66.1. The van der Waals surface area contributed by atoms with Gasteiger partial charge in [-0.25, -0.2) is 4.79 Å². The molecule has 0 aliphatic carbocycles. The Balaban J connectivity index is 4.06. The van der Waals surface area contributed by atoms with Gasteiger partial charge in [-0.1, -0.05) is 321 Å². The molecule has 0 fully saturated rings. The van der Waals surface area contributed by atoms with E-state index in [1.165, 1.54) is 154 Å². The van der Waals surface area contributed by atoms with E-state index in [0.717, 1.165) is 122 Å². The van der Waals surface area contributed by atoms with Crippen LogP contribution < -0.4 is 0 Å². The lowest BCUT2D eigenvalue weighted by Crippen LogP contribution is -2.40. The van der Waals surface area contributed by atoms with Crippen LogP contribution in [0, 0.1) is 0 Å². The lowest BCUT2D eigenvalue weighted by Gasteiger charge is -2.25. The summed E-state index contributed by atoms with van der Waals surface area (Å²) < 4.78 is 23.0. The van der Waals surface area contributed by atoms with Gasteiger partial charge in [0, 0.05) is 12.8 Å². The number of esters is 2. The van der Waals surface area contributed by atoms with Crippen LogP contribution in [0.1, 0.15) is 309 Å². The number of quaternary nitrogens is 1. The van der Waals surface area contributed by atoms with Crippen LogP contribution in [0.2, 0.25) is 0 Å². The molecule has 2 atom stereocenters. The van der Waals surface area contributed by atoms with Crippen molar-refractivity contribution in [1.82, 2.24) is 0 Å². The first-order valence-electron chi connectivity index (χ1n) is 37.3. The van der Waals surface area contributed by atoms with Crippen LogP contribution in [0.3, 0.4) is 0 Å². The highest BCUT2D eigenvalue weighted by Gasteiger charge is 2.25. The number of carboxylic acid groups (broad SMARTS) is 1. The van der Waals surface area contributed by atoms with E-state index in [4.69, 9.17) is 18.9 Å². The van der Waals surface area contributed by atoms with Gasteiger partial charge in [-0.15, -0.1) is 0 Å². The molecule has 9 heteroatoms. The summed E-state index contributed by atoms with van der Waals surface area (Å²) in [4.78, 5) is 37.7. The van der Waals surface area contributed by atoms with Crippen LogP contribution in [-0.4, -0.2) is 87.4 Å². The van der Waals surface area contributed by atoms with Crippen LogP contribution in [0.25, 0.3) is 0 Å². The van der Waals surface area contributed by atoms with Gasteiger partial charge in [0.15, 0.2) is 6.10 Å². The summed E-state index contributed by atoms with van der Waals surface area (Å²) in [6.45, 7) is 4.64. The first kappa shape index (κ1) is 86.4. The normalized spacial score (nSPS) is 13.5. The highest BCUT2D eigenvalue weighted by atomic mass is 16.7. The van der Waals surface area contributed by atoms with Gasteiger partial charge < -0.3 is 28.5 Å². The molecule has 0 rings (SSSR count). The minimum absolute atomic E-state index is 0.179. The first-order chi connectivity index (χ1) is 44.6. The van der Waals surface area contributed by atoms with Gasteiger partial charge in [-0.05, 0) is 109 Å². The van der Waals surface area contributed by atoms with Gasteiger partial charge >= 0.3 is 17.9 Å². The number of carbonyl (C=O) groups excluding carboxylic acids is 2. The van der Waals surface area contributed by atoms with Gasteiger partial charge in [0.25, 0.3) is 6.29 Å². The van der Waals surface area contributed by atoms with Crippen LogP contribution in [0.5, 0.6) is 0 Å². The summed E-state index contributed by atoms with van der Waals surface area (Å²) >= 11 is 0. The third kappa shape index (κ3) is 72.7. The Bertz CT molecular complexity index is 1960. The third-order valence-electron chi connectivity index (χ3n) is 15.9. The Morgan fingerprint density at radius 2 is 0.593 bits per heavy atom. The molecule has 0 radical (unpaired) electrons. The standard InChI is InChI=1S/C82H139NO8/c1-6-8-10-12-14-16-18-20-22-24-26-28-30-32-34-35-36-37-38-39-40-41-42-43-44-45-47-48-50-52-54-56-58-60-62-64-66-68-70-72-79(84)89-76-78(77-90-82(81(86)87)88-75-74-83(3,4)5)91-80(85)73-71-69-67-65-63-61-59-57-55-53-51-49-46-33-31-29-27-25-23-21-19-17-15-13-11-9-7-2/h8-11,14-17,20-23,26-29,33,46,51,53,57,59,78,82H,6-7,12-13,18-19,24-25,30-32,34-45,47-50,52,54-56,58,60-77H2,1-5H3/p+1/b10-8-,11-9-,16-14-,17-15-,22-20-,23-21-,28-26-,29-27-,46-33-,53-51-,59-57-. The molecule has 0 aromatic carbocycles. The summed E-state index contributed by atoms with van der Waals surface area (Å²) in [7, 11) is 5.97. The molecule has 1 N–H and O–H groups in total. The molecule has 0 bridgehead atoms. The number of carbonyl (C=O) groups is 3. The van der Waals surface area contributed by atoms with Crippen molar-refractivity contribution in [3.05, 3.63) is 134 Å². The molecule has 0 spiro atoms. The topological polar surface area (TPSA) is 108 Å². The molecule has 91 heavy (non-hydrogen) atoms. The Kier molecular flexibility index (Phi) is 67.7. The predicted molar refractivity (Wildman–Crippen MR) is 391 cm³/mol. The lowest BCUT2D eigenvalue weighted by atomic mass is 10.0. The van der Waals surface area contributed by atoms with E-state index in [9.17, 15) is 19.5 Å². The Morgan fingerprint density at radius 1 is 0.330 bits per heavy atom. The largest absolute Gasteiger partial charge is 0.477 e. The summed E-state index contributed by atoms with van der Waals surface area (Å²) in [6.07, 6.45) is 100. The molecule has 0 saturated carbocycles. The Morgan fingerprint density at radius 3 is 0.879 bits per heavy atom. The van der Waals surface area contributed by atoms with Crippen molar-refractivity contribution >= 4 is 17.9 Å². The Hall–Kier alpha value is -4.57. The smallest absolute Gasteiger partial charge is 0.361 e. The molecule has 0 aliphatic rings. The molecule has 2 unspecified atom stereocenters. The highest BCUT2D eigenvalue weighted by molar-refractivity contribution is 5.71. The van der Waals surface area contributed by atoms with Crippen molar-refractivity contribution < 1.29 is 42.9 Å². The molecule has 0 saturated heterocycles. The number of unbranched alkanes of at least 4 members (excludes halogenated alkanes) is 31. The number of likely N-dealkylation sites (N-methyl/N-ethyl adjacent to an activating group) is 1. The number of aliphatic carboxylic acids is 1. The molecular weight excluding hydrogens is 1130 g/mol. The number of hydrogen-bond acceptors (Lipinski definition) is 7. The molecule has 0 amide bonds. The molecular formula is C82H140NO8+. The SMILES string of the molecule is CC/C=C\C/C=C\C/C=C\C/C=C\C/C=C\C/C=C\C/C=C\CCCCCCCC(=O)OC(COC(=O)CCCCCCCCCCCCCCCCCCCCCCCCCCCC/C=C\C/C=C\C/C=C\C/C=C\CC)COC(OCC[N+](C)(C)C)C(=O)O. The summed E-state index contributed by atoms with van der Waals surface area (Å²) in [5.74, 6) is -2.03. The van der Waals surface area contributed by atoms with Crippen molar-refractivity contribution in [2.24, 2.45) is 0 Å². The predicted octanol–water partition coefficient (Wildman–Crippen LogP) is 23.7. The zero-order valence-electron chi connectivity index (χ0n) is 59.5. The summed E-state index contributed by atoms with van der Waals surface area (Å²) in [5, 5.41) is 9.76. The van der Waals surface area contributed by atoms with Gasteiger partial charge in [-0.2, -0.15) is 0 Å². The minimum Gasteiger partial charge on any atom is -0.477 e. The second-order valence-electron chi connectivity index (χ2n) is 25.8. The van der Waals surface area contributed by atoms with Crippen molar-refractivity contribution in [3.8, 4) is 0 Å². The van der Waals surface area contributed by atoms with E-state index in [0.29, 0.717) is 23.9 Å². The number of ether oxygens (including phenoxy) is 4. The molecule has 0 aromatic rings. The average Bonchev–Trinajstić information content (AvgIpc) is 3.46. The van der Waals surface area contributed by atoms with Gasteiger partial charge in [0.2, 0.25) is 0 Å². The first-order valence-corrected chi connectivity index (χ1v) is 37.3. The molecule has 520 valence electrons. The maximum absolute atomic E-state index is 12.9. The van der Waals surface area contributed by atoms with Gasteiger partial charge in [0.05, 0.1) is 34.4 Å². The number of rotatable bonds is 68. The summed E-state index contributed by atoms with van der Waals surface area (Å²) in [6, 6.07) is 0. The fourth-order valence-corrected chi connectivity index (χ4v) is 10.3. The zero-order valence-corrected chi connectivity index (χ0v) is 59.5. The van der Waals surface area contributed by atoms with E-state index < -0.39 is 24.3 Å². The third-order valence-corrected chi connectivity index (χ3v) is 15.9. The van der Waals surface area contributed by atoms with E-state index in [1.807, 2.05) is 21.1 Å². The number of nitrogens with zero attached hydrogens (tertiary/aromatic N) is 1. The van der Waals surface area contributed by atoms with E-state index in [-0.39, 0.29) is 32.2 Å². The van der Waals surface area contributed by atoms with Crippen LogP contribution in [0.15, 0.2) is 134 Å². The second-order valence-corrected chi connectivity index (χ2v) is 25.8. The van der Waals surface area contributed by atoms with Crippen molar-refractivity contribution in [2.75, 3.05) is 47.5 Å². The highest BCUT2D eigenvalue weighted by Crippen LogP contribution is 2.18. The van der Waals surface area contributed by atoms with Crippen molar-refractivity contribution in [1.29, 1.82) is 0 Å². The van der Waals surface area contributed by atoms with E-state index >= 15 is 0 Å². The second kappa shape index (κ2) is 71.3. The lowest BCUT2D eigenvalue weighted by molar-refractivity contribution is -0.870. The molecule has 9 nitrogen and oxygen atoms in total. The van der Waals surface area contributed by atoms with Crippen molar-refractivity contribution in [3.63, 3.8) is 0 Å². The van der Waals surface area contributed by atoms with Crippen LogP contribution in [-0.2, 0) is 33.3 Å². The van der Waals surface area contributed by atoms with E-state index in [1.54, 1.807) is 0 Å².